The molecule has 0 bridgehead atoms. The van der Waals surface area contributed by atoms with Gasteiger partial charge in [0.05, 0.1) is 21.5 Å². The SMILES string of the molecule is Cc1cccc(-n2c(C)nc3cc([N+](=O)[O-])ccc3c2=O)c1. The van der Waals surface area contributed by atoms with Crippen molar-refractivity contribution in [3.8, 4) is 5.69 Å². The van der Waals surface area contributed by atoms with Gasteiger partial charge in [0.1, 0.15) is 5.82 Å². The topological polar surface area (TPSA) is 78.0 Å². The van der Waals surface area contributed by atoms with E-state index >= 15 is 0 Å². The molecular formula is C16H13N3O3. The smallest absolute Gasteiger partial charge is 0.268 e. The Morgan fingerprint density at radius 1 is 1.14 bits per heavy atom. The second-order valence-corrected chi connectivity index (χ2v) is 5.10. The van der Waals surface area contributed by atoms with E-state index in [4.69, 9.17) is 0 Å². The Kier molecular flexibility index (Phi) is 3.21. The van der Waals surface area contributed by atoms with Crippen LogP contribution < -0.4 is 5.56 Å². The summed E-state index contributed by atoms with van der Waals surface area (Å²) in [5.74, 6) is 0.489. The zero-order valence-electron chi connectivity index (χ0n) is 12.1. The van der Waals surface area contributed by atoms with E-state index in [9.17, 15) is 14.9 Å². The van der Waals surface area contributed by atoms with Crippen LogP contribution in [0.4, 0.5) is 5.69 Å². The first kappa shape index (κ1) is 13.9. The van der Waals surface area contributed by atoms with E-state index in [0.717, 1.165) is 11.3 Å². The van der Waals surface area contributed by atoms with Crippen LogP contribution >= 0.6 is 0 Å². The predicted molar refractivity (Wildman–Crippen MR) is 83.5 cm³/mol. The quantitative estimate of drug-likeness (QED) is 0.538. The Morgan fingerprint density at radius 3 is 2.59 bits per heavy atom. The van der Waals surface area contributed by atoms with Gasteiger partial charge in [-0.25, -0.2) is 4.98 Å². The van der Waals surface area contributed by atoms with Crippen LogP contribution in [0.15, 0.2) is 47.3 Å². The van der Waals surface area contributed by atoms with Crippen molar-refractivity contribution >= 4 is 16.6 Å². The van der Waals surface area contributed by atoms with E-state index in [0.29, 0.717) is 16.7 Å². The minimum absolute atomic E-state index is 0.0768. The maximum absolute atomic E-state index is 12.7. The Labute approximate surface area is 125 Å². The molecule has 6 heteroatoms. The largest absolute Gasteiger partial charge is 0.271 e. The van der Waals surface area contributed by atoms with E-state index in [1.165, 1.54) is 22.8 Å². The molecule has 0 saturated heterocycles. The number of nitro groups is 1. The first-order chi connectivity index (χ1) is 10.5. The summed E-state index contributed by atoms with van der Waals surface area (Å²) >= 11 is 0. The highest BCUT2D eigenvalue weighted by Crippen LogP contribution is 2.18. The van der Waals surface area contributed by atoms with Crippen molar-refractivity contribution in [1.82, 2.24) is 9.55 Å². The van der Waals surface area contributed by atoms with Crippen molar-refractivity contribution < 1.29 is 4.92 Å². The number of nitrogens with zero attached hydrogens (tertiary/aromatic N) is 3. The van der Waals surface area contributed by atoms with Gasteiger partial charge >= 0.3 is 0 Å². The summed E-state index contributed by atoms with van der Waals surface area (Å²) < 4.78 is 1.52. The Balaban J connectivity index is 2.32. The molecular weight excluding hydrogens is 282 g/mol. The summed E-state index contributed by atoms with van der Waals surface area (Å²) in [7, 11) is 0. The molecule has 0 aliphatic rings. The molecule has 22 heavy (non-hydrogen) atoms. The van der Waals surface area contributed by atoms with Gasteiger partial charge in [0, 0.05) is 12.1 Å². The molecule has 0 atom stereocenters. The fourth-order valence-corrected chi connectivity index (χ4v) is 2.47. The molecule has 0 saturated carbocycles. The average molecular weight is 295 g/mol. The van der Waals surface area contributed by atoms with Gasteiger partial charge in [-0.05, 0) is 37.6 Å². The summed E-state index contributed by atoms with van der Waals surface area (Å²) in [5.41, 5.74) is 1.79. The lowest BCUT2D eigenvalue weighted by Crippen LogP contribution is -2.22. The van der Waals surface area contributed by atoms with E-state index in [2.05, 4.69) is 4.98 Å². The average Bonchev–Trinajstić information content (AvgIpc) is 2.46. The van der Waals surface area contributed by atoms with Crippen molar-refractivity contribution in [3.63, 3.8) is 0 Å². The van der Waals surface area contributed by atoms with E-state index in [1.807, 2.05) is 31.2 Å². The molecule has 0 unspecified atom stereocenters. The van der Waals surface area contributed by atoms with Crippen molar-refractivity contribution in [2.45, 2.75) is 13.8 Å². The molecule has 0 fully saturated rings. The summed E-state index contributed by atoms with van der Waals surface area (Å²) in [5, 5.41) is 11.2. The summed E-state index contributed by atoms with van der Waals surface area (Å²) in [6.45, 7) is 3.66. The minimum atomic E-state index is -0.497. The van der Waals surface area contributed by atoms with Crippen LogP contribution in [-0.2, 0) is 0 Å². The van der Waals surface area contributed by atoms with Gasteiger partial charge in [-0.2, -0.15) is 0 Å². The summed E-state index contributed by atoms with van der Waals surface area (Å²) in [6, 6.07) is 11.6. The Bertz CT molecular complexity index is 960. The zero-order chi connectivity index (χ0) is 15.9. The van der Waals surface area contributed by atoms with Crippen LogP contribution in [-0.4, -0.2) is 14.5 Å². The normalized spacial score (nSPS) is 10.8. The second-order valence-electron chi connectivity index (χ2n) is 5.10. The number of non-ortho nitro benzene ring substituents is 1. The van der Waals surface area contributed by atoms with Gasteiger partial charge in [-0.1, -0.05) is 12.1 Å². The summed E-state index contributed by atoms with van der Waals surface area (Å²) in [6.07, 6.45) is 0. The highest BCUT2D eigenvalue weighted by molar-refractivity contribution is 5.80. The Hall–Kier alpha value is -3.02. The van der Waals surface area contributed by atoms with Gasteiger partial charge in [-0.15, -0.1) is 0 Å². The van der Waals surface area contributed by atoms with Crippen LogP contribution in [0.25, 0.3) is 16.6 Å². The third kappa shape index (κ3) is 2.24. The zero-order valence-corrected chi connectivity index (χ0v) is 12.1. The molecule has 3 aromatic rings. The van der Waals surface area contributed by atoms with Crippen molar-refractivity contribution in [2.75, 3.05) is 0 Å². The van der Waals surface area contributed by atoms with Crippen LogP contribution in [0.5, 0.6) is 0 Å². The monoisotopic (exact) mass is 295 g/mol. The van der Waals surface area contributed by atoms with E-state index < -0.39 is 4.92 Å². The Morgan fingerprint density at radius 2 is 1.91 bits per heavy atom. The summed E-state index contributed by atoms with van der Waals surface area (Å²) in [4.78, 5) is 27.4. The highest BCUT2D eigenvalue weighted by Gasteiger charge is 2.13. The van der Waals surface area contributed by atoms with Crippen molar-refractivity contribution in [3.05, 3.63) is 74.3 Å². The molecule has 1 aromatic heterocycles. The fraction of sp³-hybridized carbons (Fsp3) is 0.125. The standard InChI is InChI=1S/C16H13N3O3/c1-10-4-3-5-12(8-10)18-11(2)17-15-9-13(19(21)22)6-7-14(15)16(18)20/h3-9H,1-2H3. The molecule has 3 rings (SSSR count). The molecule has 110 valence electrons. The highest BCUT2D eigenvalue weighted by atomic mass is 16.6. The molecule has 0 spiro atoms. The second kappa shape index (κ2) is 5.07. The molecule has 6 nitrogen and oxygen atoms in total. The van der Waals surface area contributed by atoms with Gasteiger partial charge in [-0.3, -0.25) is 19.5 Å². The fourth-order valence-electron chi connectivity index (χ4n) is 2.47. The molecule has 0 N–H and O–H groups in total. The number of hydrogen-bond donors (Lipinski definition) is 0. The van der Waals surface area contributed by atoms with Crippen LogP contribution in [0, 0.1) is 24.0 Å². The van der Waals surface area contributed by atoms with Gasteiger partial charge < -0.3 is 0 Å². The number of fused-ring (bicyclic) bond motifs is 1. The first-order valence-corrected chi connectivity index (χ1v) is 6.72. The molecule has 0 amide bonds. The van der Waals surface area contributed by atoms with Crippen LogP contribution in [0.3, 0.4) is 0 Å². The lowest BCUT2D eigenvalue weighted by Gasteiger charge is -2.11. The lowest BCUT2D eigenvalue weighted by molar-refractivity contribution is -0.384. The maximum atomic E-state index is 12.7. The van der Waals surface area contributed by atoms with Crippen LogP contribution in [0.2, 0.25) is 0 Å². The lowest BCUT2D eigenvalue weighted by atomic mass is 10.2. The molecule has 1 heterocycles. The molecule has 0 aliphatic carbocycles. The number of hydrogen-bond acceptors (Lipinski definition) is 4. The first-order valence-electron chi connectivity index (χ1n) is 6.72. The number of nitro benzene ring substituents is 1. The van der Waals surface area contributed by atoms with E-state index in [-0.39, 0.29) is 11.2 Å². The number of aryl methyl sites for hydroxylation is 2. The molecule has 0 radical (unpaired) electrons. The number of rotatable bonds is 2. The van der Waals surface area contributed by atoms with Gasteiger partial charge in [0.25, 0.3) is 11.2 Å². The number of benzene rings is 2. The van der Waals surface area contributed by atoms with Gasteiger partial charge in [0.15, 0.2) is 0 Å². The number of aromatic nitrogens is 2. The minimum Gasteiger partial charge on any atom is -0.268 e. The maximum Gasteiger partial charge on any atom is 0.271 e. The van der Waals surface area contributed by atoms with Crippen LogP contribution in [0.1, 0.15) is 11.4 Å². The predicted octanol–water partition coefficient (Wildman–Crippen LogP) is 2.91. The van der Waals surface area contributed by atoms with E-state index in [1.54, 1.807) is 6.92 Å². The van der Waals surface area contributed by atoms with Crippen molar-refractivity contribution in [1.29, 1.82) is 0 Å². The third-order valence-corrected chi connectivity index (χ3v) is 3.49. The van der Waals surface area contributed by atoms with Gasteiger partial charge in [0.2, 0.25) is 0 Å². The van der Waals surface area contributed by atoms with Crippen molar-refractivity contribution in [2.24, 2.45) is 0 Å². The molecule has 0 aliphatic heterocycles. The molecule has 2 aromatic carbocycles. The third-order valence-electron chi connectivity index (χ3n) is 3.49.